The van der Waals surface area contributed by atoms with Gasteiger partial charge in [0.1, 0.15) is 5.75 Å². The summed E-state index contributed by atoms with van der Waals surface area (Å²) >= 11 is 0. The third-order valence-electron chi connectivity index (χ3n) is 3.14. The number of aromatic nitrogens is 1. The van der Waals surface area contributed by atoms with E-state index in [2.05, 4.69) is 16.6 Å². The summed E-state index contributed by atoms with van der Waals surface area (Å²) in [4.78, 5) is 4.07. The number of hydrogen-bond donors (Lipinski definition) is 1. The second-order valence-electron chi connectivity index (χ2n) is 4.97. The van der Waals surface area contributed by atoms with E-state index in [-0.39, 0.29) is 4.90 Å². The molecule has 0 bridgehead atoms. The lowest BCUT2D eigenvalue weighted by atomic mass is 10.2. The van der Waals surface area contributed by atoms with Crippen LogP contribution in [0.4, 0.5) is 5.69 Å². The number of ether oxygens (including phenoxy) is 1. The average Bonchev–Trinajstić information content (AvgIpc) is 2.49. The smallest absolute Gasteiger partial charge is 0.261 e. The standard InChI is InChI=1S/C16H20N2O3S/c1-3-4-11-21-16-6-5-15(12-13(16)2)22(19,20)18-14-7-9-17-10-8-14/h5-10,12H,3-4,11H2,1-2H3,(H,17,18). The van der Waals surface area contributed by atoms with Gasteiger partial charge in [-0.1, -0.05) is 13.3 Å². The van der Waals surface area contributed by atoms with Gasteiger partial charge < -0.3 is 4.74 Å². The Morgan fingerprint density at radius 3 is 2.55 bits per heavy atom. The molecule has 0 fully saturated rings. The van der Waals surface area contributed by atoms with Gasteiger partial charge in [0.25, 0.3) is 10.0 Å². The largest absolute Gasteiger partial charge is 0.493 e. The Morgan fingerprint density at radius 2 is 1.91 bits per heavy atom. The molecule has 1 aromatic carbocycles. The summed E-state index contributed by atoms with van der Waals surface area (Å²) in [5.74, 6) is 0.719. The zero-order valence-electron chi connectivity index (χ0n) is 12.7. The Hall–Kier alpha value is -2.08. The highest BCUT2D eigenvalue weighted by atomic mass is 32.2. The summed E-state index contributed by atoms with van der Waals surface area (Å²) in [6.45, 7) is 4.57. The minimum absolute atomic E-state index is 0.213. The lowest BCUT2D eigenvalue weighted by Crippen LogP contribution is -2.13. The molecule has 1 heterocycles. The minimum Gasteiger partial charge on any atom is -0.493 e. The van der Waals surface area contributed by atoms with Crippen molar-refractivity contribution in [3.63, 3.8) is 0 Å². The van der Waals surface area contributed by atoms with Crippen LogP contribution in [-0.2, 0) is 10.0 Å². The second-order valence-corrected chi connectivity index (χ2v) is 6.65. The number of rotatable bonds is 7. The maximum Gasteiger partial charge on any atom is 0.261 e. The Labute approximate surface area is 131 Å². The van der Waals surface area contributed by atoms with Gasteiger partial charge in [-0.05, 0) is 49.2 Å². The monoisotopic (exact) mass is 320 g/mol. The van der Waals surface area contributed by atoms with Gasteiger partial charge in [0.2, 0.25) is 0 Å². The molecule has 6 heteroatoms. The van der Waals surface area contributed by atoms with Crippen molar-refractivity contribution in [1.29, 1.82) is 0 Å². The average molecular weight is 320 g/mol. The Balaban J connectivity index is 2.16. The van der Waals surface area contributed by atoms with E-state index in [1.54, 1.807) is 30.3 Å². The Bertz CT molecular complexity index is 715. The van der Waals surface area contributed by atoms with E-state index in [1.807, 2.05) is 6.92 Å². The molecule has 0 saturated carbocycles. The topological polar surface area (TPSA) is 68.3 Å². The number of aryl methyl sites for hydroxylation is 1. The number of nitrogens with one attached hydrogen (secondary N) is 1. The number of sulfonamides is 1. The highest BCUT2D eigenvalue weighted by molar-refractivity contribution is 7.92. The second kappa shape index (κ2) is 7.26. The molecule has 0 atom stereocenters. The van der Waals surface area contributed by atoms with Crippen molar-refractivity contribution in [1.82, 2.24) is 4.98 Å². The fourth-order valence-corrected chi connectivity index (χ4v) is 3.05. The van der Waals surface area contributed by atoms with Crippen molar-refractivity contribution in [3.05, 3.63) is 48.3 Å². The van der Waals surface area contributed by atoms with Crippen LogP contribution in [0.1, 0.15) is 25.3 Å². The van der Waals surface area contributed by atoms with Gasteiger partial charge in [0.05, 0.1) is 17.2 Å². The molecule has 1 aromatic heterocycles. The van der Waals surface area contributed by atoms with Crippen molar-refractivity contribution < 1.29 is 13.2 Å². The third kappa shape index (κ3) is 4.21. The number of pyridine rings is 1. The SMILES string of the molecule is CCCCOc1ccc(S(=O)(=O)Nc2ccncc2)cc1C. The van der Waals surface area contributed by atoms with Gasteiger partial charge in [0.15, 0.2) is 0 Å². The molecular weight excluding hydrogens is 300 g/mol. The fraction of sp³-hybridized carbons (Fsp3) is 0.312. The predicted molar refractivity (Wildman–Crippen MR) is 86.6 cm³/mol. The number of anilines is 1. The lowest BCUT2D eigenvalue weighted by molar-refractivity contribution is 0.307. The number of hydrogen-bond acceptors (Lipinski definition) is 4. The van der Waals surface area contributed by atoms with Gasteiger partial charge in [-0.2, -0.15) is 0 Å². The highest BCUT2D eigenvalue weighted by Gasteiger charge is 2.15. The van der Waals surface area contributed by atoms with Crippen molar-refractivity contribution in [2.45, 2.75) is 31.6 Å². The zero-order chi connectivity index (χ0) is 16.0. The van der Waals surface area contributed by atoms with Crippen molar-refractivity contribution >= 4 is 15.7 Å². The van der Waals surface area contributed by atoms with Crippen LogP contribution in [-0.4, -0.2) is 20.0 Å². The van der Waals surface area contributed by atoms with Gasteiger partial charge in [-0.3, -0.25) is 9.71 Å². The number of unbranched alkanes of at least 4 members (excludes halogenated alkanes) is 1. The van der Waals surface area contributed by atoms with Gasteiger partial charge in [-0.15, -0.1) is 0 Å². The van der Waals surface area contributed by atoms with Crippen LogP contribution < -0.4 is 9.46 Å². The van der Waals surface area contributed by atoms with Gasteiger partial charge in [-0.25, -0.2) is 8.42 Å². The van der Waals surface area contributed by atoms with E-state index >= 15 is 0 Å². The molecule has 0 aliphatic carbocycles. The first-order valence-electron chi connectivity index (χ1n) is 7.19. The van der Waals surface area contributed by atoms with Crippen LogP contribution >= 0.6 is 0 Å². The molecule has 2 aromatic rings. The maximum atomic E-state index is 12.4. The first kappa shape index (κ1) is 16.3. The van der Waals surface area contributed by atoms with Crippen LogP contribution in [0.5, 0.6) is 5.75 Å². The summed E-state index contributed by atoms with van der Waals surface area (Å²) in [7, 11) is -3.61. The highest BCUT2D eigenvalue weighted by Crippen LogP contribution is 2.23. The first-order chi connectivity index (χ1) is 10.5. The lowest BCUT2D eigenvalue weighted by Gasteiger charge is -2.12. The molecular formula is C16H20N2O3S. The number of benzene rings is 1. The van der Waals surface area contributed by atoms with E-state index in [0.29, 0.717) is 12.3 Å². The molecule has 0 radical (unpaired) electrons. The molecule has 2 rings (SSSR count). The molecule has 0 spiro atoms. The van der Waals surface area contributed by atoms with E-state index in [9.17, 15) is 8.42 Å². The Morgan fingerprint density at radius 1 is 1.18 bits per heavy atom. The minimum atomic E-state index is -3.61. The Kier molecular flexibility index (Phi) is 5.38. The molecule has 0 aliphatic heterocycles. The van der Waals surface area contributed by atoms with Crippen LogP contribution in [0.2, 0.25) is 0 Å². The van der Waals surface area contributed by atoms with E-state index < -0.39 is 10.0 Å². The first-order valence-corrected chi connectivity index (χ1v) is 8.67. The van der Waals surface area contributed by atoms with Crippen molar-refractivity contribution in [3.8, 4) is 5.75 Å². The van der Waals surface area contributed by atoms with Gasteiger partial charge in [0, 0.05) is 12.4 Å². The third-order valence-corrected chi connectivity index (χ3v) is 4.52. The molecule has 0 aliphatic rings. The summed E-state index contributed by atoms with van der Waals surface area (Å²) < 4.78 is 32.9. The van der Waals surface area contributed by atoms with Crippen LogP contribution in [0.3, 0.4) is 0 Å². The molecule has 1 N–H and O–H groups in total. The zero-order valence-corrected chi connectivity index (χ0v) is 13.6. The summed E-state index contributed by atoms with van der Waals surface area (Å²) in [5, 5.41) is 0. The molecule has 0 amide bonds. The fourth-order valence-electron chi connectivity index (χ4n) is 1.91. The van der Waals surface area contributed by atoms with E-state index in [0.717, 1.165) is 24.2 Å². The molecule has 0 unspecified atom stereocenters. The van der Waals surface area contributed by atoms with E-state index in [4.69, 9.17) is 4.74 Å². The molecule has 22 heavy (non-hydrogen) atoms. The molecule has 0 saturated heterocycles. The van der Waals surface area contributed by atoms with Crippen molar-refractivity contribution in [2.24, 2.45) is 0 Å². The molecule has 118 valence electrons. The summed E-state index contributed by atoms with van der Waals surface area (Å²) in [6, 6.07) is 8.08. The molecule has 5 nitrogen and oxygen atoms in total. The summed E-state index contributed by atoms with van der Waals surface area (Å²) in [5.41, 5.74) is 1.28. The van der Waals surface area contributed by atoms with Crippen LogP contribution in [0, 0.1) is 6.92 Å². The van der Waals surface area contributed by atoms with Gasteiger partial charge >= 0.3 is 0 Å². The number of nitrogens with zero attached hydrogens (tertiary/aromatic N) is 1. The van der Waals surface area contributed by atoms with Crippen molar-refractivity contribution in [2.75, 3.05) is 11.3 Å². The summed E-state index contributed by atoms with van der Waals surface area (Å²) in [6.07, 6.45) is 5.10. The van der Waals surface area contributed by atoms with Crippen LogP contribution in [0.25, 0.3) is 0 Å². The predicted octanol–water partition coefficient (Wildman–Crippen LogP) is 3.37. The van der Waals surface area contributed by atoms with Crippen LogP contribution in [0.15, 0.2) is 47.6 Å². The quantitative estimate of drug-likeness (QED) is 0.794. The normalized spacial score (nSPS) is 11.2. The van der Waals surface area contributed by atoms with E-state index in [1.165, 1.54) is 12.4 Å². The maximum absolute atomic E-state index is 12.4.